The number of likely N-dealkylation sites (N-methyl/N-ethyl adjacent to an activating group) is 3. The molecule has 0 rings (SSSR count). The summed E-state index contributed by atoms with van der Waals surface area (Å²) in [7, 11) is 9.33. The van der Waals surface area contributed by atoms with Crippen LogP contribution in [0.5, 0.6) is 0 Å². The van der Waals surface area contributed by atoms with Crippen molar-refractivity contribution in [2.45, 2.75) is 24.4 Å². The molecule has 0 saturated carbocycles. The summed E-state index contributed by atoms with van der Waals surface area (Å²) in [6.07, 6.45) is -2.44. The second-order valence-corrected chi connectivity index (χ2v) is 8.66. The topological polar surface area (TPSA) is 128 Å². The molecule has 4 unspecified atom stereocenters. The van der Waals surface area contributed by atoms with E-state index in [1.54, 1.807) is 7.05 Å². The number of rotatable bonds is 22. The van der Waals surface area contributed by atoms with Crippen LogP contribution in [0.1, 0.15) is 0 Å². The van der Waals surface area contributed by atoms with Gasteiger partial charge in [0.25, 0.3) is 0 Å². The predicted molar refractivity (Wildman–Crippen MR) is 122 cm³/mol. The minimum absolute atomic E-state index is 0.164. The van der Waals surface area contributed by atoms with Gasteiger partial charge in [-0.05, 0) is 35.2 Å². The maximum atomic E-state index is 10.0. The molecule has 32 heavy (non-hydrogen) atoms. The summed E-state index contributed by atoms with van der Waals surface area (Å²) >= 11 is 0. The van der Waals surface area contributed by atoms with E-state index in [0.29, 0.717) is 52.6 Å². The fourth-order valence-electron chi connectivity index (χ4n) is 2.96. The van der Waals surface area contributed by atoms with Gasteiger partial charge in [0.05, 0.1) is 77.3 Å². The van der Waals surface area contributed by atoms with E-state index in [2.05, 4.69) is 0 Å². The molecule has 4 N–H and O–H groups in total. The molecule has 0 heterocycles. The quantitative estimate of drug-likeness (QED) is 0.126. The first kappa shape index (κ1) is 31.6. The number of aliphatic hydroxyl groups is 4. The molecule has 0 amide bonds. The van der Waals surface area contributed by atoms with Crippen molar-refractivity contribution in [3.8, 4) is 0 Å². The molecule has 0 aromatic carbocycles. The molecule has 0 aliphatic heterocycles. The van der Waals surface area contributed by atoms with Gasteiger partial charge in [0.2, 0.25) is 0 Å². The zero-order chi connectivity index (χ0) is 24.4. The summed E-state index contributed by atoms with van der Waals surface area (Å²) in [4.78, 5) is 5.58. The fourth-order valence-corrected chi connectivity index (χ4v) is 2.96. The molecular formula is C21H47N3O8. The Morgan fingerprint density at radius 2 is 0.719 bits per heavy atom. The smallest absolute Gasteiger partial charge is 0.0900 e. The first-order chi connectivity index (χ1) is 15.1. The zero-order valence-electron chi connectivity index (χ0n) is 20.6. The largest absolute Gasteiger partial charge is 0.389 e. The Morgan fingerprint density at radius 3 is 0.969 bits per heavy atom. The van der Waals surface area contributed by atoms with Crippen LogP contribution in [0.15, 0.2) is 0 Å². The average molecular weight is 470 g/mol. The molecule has 0 fully saturated rings. The minimum Gasteiger partial charge on any atom is -0.389 e. The highest BCUT2D eigenvalue weighted by atomic mass is 16.5. The van der Waals surface area contributed by atoms with Crippen molar-refractivity contribution in [1.29, 1.82) is 0 Å². The second-order valence-electron chi connectivity index (χ2n) is 8.66. The molecule has 0 aliphatic carbocycles. The van der Waals surface area contributed by atoms with Crippen LogP contribution >= 0.6 is 0 Å². The SMILES string of the molecule is CN(C)CC(O)COCCOCC(O)CN(C)CC(O)COCCOCC(O)CN(C)C. The van der Waals surface area contributed by atoms with Crippen molar-refractivity contribution in [2.75, 3.05) is 114 Å². The van der Waals surface area contributed by atoms with E-state index in [1.165, 1.54) is 0 Å². The highest BCUT2D eigenvalue weighted by molar-refractivity contribution is 4.65. The Bertz CT molecular complexity index is 385. The Kier molecular flexibility index (Phi) is 19.7. The molecule has 0 saturated heterocycles. The lowest BCUT2D eigenvalue weighted by Crippen LogP contribution is -2.38. The van der Waals surface area contributed by atoms with Gasteiger partial charge in [0.1, 0.15) is 0 Å². The molecular weight excluding hydrogens is 422 g/mol. The Balaban J connectivity index is 3.63. The first-order valence-corrected chi connectivity index (χ1v) is 11.1. The zero-order valence-corrected chi connectivity index (χ0v) is 20.6. The van der Waals surface area contributed by atoms with Crippen molar-refractivity contribution in [2.24, 2.45) is 0 Å². The Labute approximate surface area is 193 Å². The van der Waals surface area contributed by atoms with Crippen LogP contribution in [0.2, 0.25) is 0 Å². The van der Waals surface area contributed by atoms with Gasteiger partial charge in [-0.15, -0.1) is 0 Å². The highest BCUT2D eigenvalue weighted by Gasteiger charge is 2.13. The minimum atomic E-state index is -0.686. The summed E-state index contributed by atoms with van der Waals surface area (Å²) in [5.74, 6) is 0. The molecule has 11 nitrogen and oxygen atoms in total. The van der Waals surface area contributed by atoms with Crippen molar-refractivity contribution in [3.63, 3.8) is 0 Å². The number of hydrogen-bond donors (Lipinski definition) is 4. The number of ether oxygens (including phenoxy) is 4. The third-order valence-electron chi connectivity index (χ3n) is 4.18. The van der Waals surface area contributed by atoms with E-state index in [4.69, 9.17) is 18.9 Å². The summed E-state index contributed by atoms with van der Waals surface area (Å²) in [6.45, 7) is 3.97. The summed E-state index contributed by atoms with van der Waals surface area (Å²) < 4.78 is 21.5. The predicted octanol–water partition coefficient (Wildman–Crippen LogP) is -2.45. The highest BCUT2D eigenvalue weighted by Crippen LogP contribution is 1.96. The van der Waals surface area contributed by atoms with Gasteiger partial charge in [0.15, 0.2) is 0 Å². The van der Waals surface area contributed by atoms with Crippen LogP contribution in [-0.4, -0.2) is 174 Å². The number of nitrogens with zero attached hydrogens (tertiary/aromatic N) is 3. The Morgan fingerprint density at radius 1 is 0.469 bits per heavy atom. The monoisotopic (exact) mass is 469 g/mol. The van der Waals surface area contributed by atoms with E-state index in [9.17, 15) is 20.4 Å². The molecule has 0 bridgehead atoms. The lowest BCUT2D eigenvalue weighted by Gasteiger charge is -2.23. The molecule has 4 atom stereocenters. The van der Waals surface area contributed by atoms with Gasteiger partial charge in [0, 0.05) is 26.2 Å². The summed E-state index contributed by atoms with van der Waals surface area (Å²) in [6, 6.07) is 0. The first-order valence-electron chi connectivity index (χ1n) is 11.1. The molecule has 0 spiro atoms. The van der Waals surface area contributed by atoms with Gasteiger partial charge >= 0.3 is 0 Å². The van der Waals surface area contributed by atoms with Crippen LogP contribution in [0.4, 0.5) is 0 Å². The maximum Gasteiger partial charge on any atom is 0.0900 e. The van der Waals surface area contributed by atoms with Crippen LogP contribution in [0.3, 0.4) is 0 Å². The number of hydrogen-bond acceptors (Lipinski definition) is 11. The van der Waals surface area contributed by atoms with Gasteiger partial charge < -0.3 is 54.1 Å². The molecule has 0 aromatic heterocycles. The van der Waals surface area contributed by atoms with Gasteiger partial charge in [-0.2, -0.15) is 0 Å². The second kappa shape index (κ2) is 20.0. The van der Waals surface area contributed by atoms with Gasteiger partial charge in [-0.3, -0.25) is 0 Å². The lowest BCUT2D eigenvalue weighted by atomic mass is 10.3. The number of aliphatic hydroxyl groups excluding tert-OH is 4. The lowest BCUT2D eigenvalue weighted by molar-refractivity contribution is -0.0355. The van der Waals surface area contributed by atoms with Crippen molar-refractivity contribution in [3.05, 3.63) is 0 Å². The Hall–Kier alpha value is -0.440. The van der Waals surface area contributed by atoms with Gasteiger partial charge in [-0.25, -0.2) is 0 Å². The van der Waals surface area contributed by atoms with Crippen molar-refractivity contribution >= 4 is 0 Å². The van der Waals surface area contributed by atoms with E-state index in [1.807, 2.05) is 42.9 Å². The average Bonchev–Trinajstić information content (AvgIpc) is 2.65. The maximum absolute atomic E-state index is 10.0. The molecule has 0 radical (unpaired) electrons. The molecule has 0 aromatic rings. The van der Waals surface area contributed by atoms with E-state index >= 15 is 0 Å². The summed E-state index contributed by atoms with van der Waals surface area (Å²) in [5, 5.41) is 39.4. The van der Waals surface area contributed by atoms with E-state index < -0.39 is 24.4 Å². The third-order valence-corrected chi connectivity index (χ3v) is 4.18. The van der Waals surface area contributed by atoms with Crippen LogP contribution in [-0.2, 0) is 18.9 Å². The normalized spacial score (nSPS) is 16.1. The van der Waals surface area contributed by atoms with Crippen LogP contribution in [0, 0.1) is 0 Å². The van der Waals surface area contributed by atoms with E-state index in [0.717, 1.165) is 0 Å². The fraction of sp³-hybridized carbons (Fsp3) is 1.00. The molecule has 0 aliphatic rings. The van der Waals surface area contributed by atoms with Crippen molar-refractivity contribution in [1.82, 2.24) is 14.7 Å². The standard InChI is InChI=1S/C21H47N3O8/c1-22(2)10-18(25)14-29-6-8-31-16-20(27)12-24(5)13-21(28)17-32-9-7-30-15-19(26)11-23(3)4/h18-21,25-28H,6-17H2,1-5H3. The van der Waals surface area contributed by atoms with Crippen molar-refractivity contribution < 1.29 is 39.4 Å². The van der Waals surface area contributed by atoms with E-state index in [-0.39, 0.29) is 26.4 Å². The molecule has 194 valence electrons. The van der Waals surface area contributed by atoms with Gasteiger partial charge in [-0.1, -0.05) is 0 Å². The third kappa shape index (κ3) is 21.4. The van der Waals surface area contributed by atoms with Crippen LogP contribution < -0.4 is 0 Å². The van der Waals surface area contributed by atoms with Crippen LogP contribution in [0.25, 0.3) is 0 Å². The molecule has 11 heteroatoms. The summed E-state index contributed by atoms with van der Waals surface area (Å²) in [5.41, 5.74) is 0.